The Kier molecular flexibility index (Phi) is 4.01. The molecule has 1 aliphatic heterocycles. The Morgan fingerprint density at radius 3 is 2.76 bits per heavy atom. The minimum atomic E-state index is -0.148. The number of anilines is 1. The van der Waals surface area contributed by atoms with Crippen molar-refractivity contribution < 1.29 is 13.9 Å². The normalized spacial score (nSPS) is 17.9. The van der Waals surface area contributed by atoms with Crippen LogP contribution in [0.1, 0.15) is 29.2 Å². The lowest BCUT2D eigenvalue weighted by Gasteiger charge is -2.24. The second kappa shape index (κ2) is 6.10. The maximum atomic E-state index is 12.7. The van der Waals surface area contributed by atoms with E-state index in [9.17, 15) is 4.79 Å². The molecule has 1 aliphatic rings. The summed E-state index contributed by atoms with van der Waals surface area (Å²) >= 11 is 0. The first-order valence-corrected chi connectivity index (χ1v) is 7.14. The van der Waals surface area contributed by atoms with E-state index in [1.54, 1.807) is 29.4 Å². The summed E-state index contributed by atoms with van der Waals surface area (Å²) in [7, 11) is 0. The summed E-state index contributed by atoms with van der Waals surface area (Å²) in [5.41, 5.74) is 0.805. The highest BCUT2D eigenvalue weighted by Crippen LogP contribution is 2.21. The zero-order valence-electron chi connectivity index (χ0n) is 12.0. The average Bonchev–Trinajstić information content (AvgIpc) is 3.16. The molecular weight excluding hydrogens is 268 g/mol. The van der Waals surface area contributed by atoms with Gasteiger partial charge in [0.05, 0.1) is 12.6 Å². The van der Waals surface area contributed by atoms with Crippen LogP contribution in [0.25, 0.3) is 0 Å². The second-order valence-corrected chi connectivity index (χ2v) is 5.17. The fraction of sp³-hybridized carbons (Fsp3) is 0.375. The molecule has 0 radical (unpaired) electrons. The smallest absolute Gasteiger partial charge is 0.294 e. The molecule has 0 N–H and O–H groups in total. The van der Waals surface area contributed by atoms with E-state index < -0.39 is 0 Å². The van der Waals surface area contributed by atoms with Crippen LogP contribution in [-0.4, -0.2) is 30.1 Å². The van der Waals surface area contributed by atoms with Crippen LogP contribution < -0.4 is 4.90 Å². The fourth-order valence-corrected chi connectivity index (χ4v) is 2.50. The van der Waals surface area contributed by atoms with Gasteiger partial charge in [0.2, 0.25) is 0 Å². The minimum Gasteiger partial charge on any atom is -0.456 e. The Hall–Kier alpha value is -2.14. The molecule has 1 saturated heterocycles. The van der Waals surface area contributed by atoms with Crippen LogP contribution >= 0.6 is 0 Å². The van der Waals surface area contributed by atoms with Gasteiger partial charge in [-0.25, -0.2) is 0 Å². The number of carbonyl (C=O) groups excluding carboxylic acids is 1. The number of furan rings is 1. The van der Waals surface area contributed by atoms with E-state index in [2.05, 4.69) is 4.98 Å². The highest BCUT2D eigenvalue weighted by atomic mass is 16.5. The summed E-state index contributed by atoms with van der Waals surface area (Å²) in [4.78, 5) is 18.4. The van der Waals surface area contributed by atoms with Gasteiger partial charge in [0, 0.05) is 24.7 Å². The number of pyridine rings is 1. The summed E-state index contributed by atoms with van der Waals surface area (Å²) in [6, 6.07) is 7.15. The summed E-state index contributed by atoms with van der Waals surface area (Å²) in [6.07, 6.45) is 5.46. The Morgan fingerprint density at radius 2 is 2.14 bits per heavy atom. The monoisotopic (exact) mass is 286 g/mol. The molecule has 2 aromatic heterocycles. The van der Waals surface area contributed by atoms with Gasteiger partial charge >= 0.3 is 0 Å². The molecule has 5 nitrogen and oxygen atoms in total. The highest BCUT2D eigenvalue weighted by molar-refractivity contribution is 6.04. The minimum absolute atomic E-state index is 0.0816. The largest absolute Gasteiger partial charge is 0.456 e. The zero-order chi connectivity index (χ0) is 14.7. The number of carbonyl (C=O) groups is 1. The average molecular weight is 286 g/mol. The van der Waals surface area contributed by atoms with Crippen LogP contribution in [-0.2, 0) is 4.74 Å². The quantitative estimate of drug-likeness (QED) is 0.867. The van der Waals surface area contributed by atoms with E-state index in [1.807, 2.05) is 19.1 Å². The van der Waals surface area contributed by atoms with Crippen LogP contribution in [0.15, 0.2) is 41.1 Å². The molecule has 0 bridgehead atoms. The van der Waals surface area contributed by atoms with Crippen LogP contribution in [0, 0.1) is 6.92 Å². The van der Waals surface area contributed by atoms with Gasteiger partial charge < -0.3 is 14.1 Å². The topological polar surface area (TPSA) is 55.6 Å². The molecule has 110 valence electrons. The predicted molar refractivity (Wildman–Crippen MR) is 78.3 cm³/mol. The maximum absolute atomic E-state index is 12.7. The molecule has 1 atom stereocenters. The Labute approximate surface area is 123 Å². The lowest BCUT2D eigenvalue weighted by atomic mass is 10.2. The first-order valence-electron chi connectivity index (χ1n) is 7.14. The highest BCUT2D eigenvalue weighted by Gasteiger charge is 2.26. The van der Waals surface area contributed by atoms with Crippen LogP contribution in [0.2, 0.25) is 0 Å². The molecule has 1 unspecified atom stereocenters. The molecule has 0 aliphatic carbocycles. The number of hydrogen-bond donors (Lipinski definition) is 0. The van der Waals surface area contributed by atoms with Crippen molar-refractivity contribution in [2.45, 2.75) is 25.9 Å². The molecule has 5 heteroatoms. The molecule has 0 aromatic carbocycles. The van der Waals surface area contributed by atoms with E-state index in [4.69, 9.17) is 9.15 Å². The van der Waals surface area contributed by atoms with Crippen molar-refractivity contribution in [3.05, 3.63) is 48.2 Å². The third-order valence-electron chi connectivity index (χ3n) is 3.58. The molecule has 1 amide bonds. The van der Waals surface area contributed by atoms with Crippen molar-refractivity contribution >= 4 is 11.6 Å². The summed E-state index contributed by atoms with van der Waals surface area (Å²) in [5, 5.41) is 0. The molecule has 3 rings (SSSR count). The van der Waals surface area contributed by atoms with Gasteiger partial charge in [-0.3, -0.25) is 9.78 Å². The Balaban J connectivity index is 1.86. The summed E-state index contributed by atoms with van der Waals surface area (Å²) in [6.45, 7) is 3.12. The van der Waals surface area contributed by atoms with Gasteiger partial charge in [0.25, 0.3) is 5.91 Å². The van der Waals surface area contributed by atoms with Gasteiger partial charge in [-0.1, -0.05) is 0 Å². The van der Waals surface area contributed by atoms with Crippen molar-refractivity contribution in [3.8, 4) is 0 Å². The second-order valence-electron chi connectivity index (χ2n) is 5.17. The standard InChI is InChI=1S/C16H18N2O3/c1-12-4-5-15(21-12)16(19)18(11-14-3-2-10-20-14)13-6-8-17-9-7-13/h4-9,14H,2-3,10-11H2,1H3. The number of nitrogens with zero attached hydrogens (tertiary/aromatic N) is 2. The number of aromatic nitrogens is 1. The number of amides is 1. The maximum Gasteiger partial charge on any atom is 0.294 e. The first kappa shape index (κ1) is 13.8. The summed E-state index contributed by atoms with van der Waals surface area (Å²) in [5.74, 6) is 0.928. The van der Waals surface area contributed by atoms with Gasteiger partial charge in [-0.15, -0.1) is 0 Å². The van der Waals surface area contributed by atoms with Crippen LogP contribution in [0.3, 0.4) is 0 Å². The zero-order valence-corrected chi connectivity index (χ0v) is 12.0. The van der Waals surface area contributed by atoms with Gasteiger partial charge in [0.15, 0.2) is 5.76 Å². The Bertz CT molecular complexity index is 603. The molecule has 3 heterocycles. The first-order chi connectivity index (χ1) is 10.2. The predicted octanol–water partition coefficient (Wildman–Crippen LogP) is 2.81. The fourth-order valence-electron chi connectivity index (χ4n) is 2.50. The third-order valence-corrected chi connectivity index (χ3v) is 3.58. The van der Waals surface area contributed by atoms with Crippen molar-refractivity contribution in [1.82, 2.24) is 4.98 Å². The van der Waals surface area contributed by atoms with Gasteiger partial charge in [0.1, 0.15) is 5.76 Å². The Morgan fingerprint density at radius 1 is 1.33 bits per heavy atom. The van der Waals surface area contributed by atoms with Crippen molar-refractivity contribution in [2.24, 2.45) is 0 Å². The SMILES string of the molecule is Cc1ccc(C(=O)N(CC2CCCO2)c2ccncc2)o1. The molecule has 21 heavy (non-hydrogen) atoms. The van der Waals surface area contributed by atoms with E-state index in [0.717, 1.165) is 30.9 Å². The van der Waals surface area contributed by atoms with E-state index in [-0.39, 0.29) is 12.0 Å². The lowest BCUT2D eigenvalue weighted by Crippen LogP contribution is -2.37. The van der Waals surface area contributed by atoms with Gasteiger partial charge in [-0.05, 0) is 44.0 Å². The van der Waals surface area contributed by atoms with Crippen molar-refractivity contribution in [1.29, 1.82) is 0 Å². The van der Waals surface area contributed by atoms with Crippen molar-refractivity contribution in [3.63, 3.8) is 0 Å². The van der Waals surface area contributed by atoms with E-state index >= 15 is 0 Å². The number of ether oxygens (including phenoxy) is 1. The van der Waals surface area contributed by atoms with Crippen molar-refractivity contribution in [2.75, 3.05) is 18.1 Å². The number of rotatable bonds is 4. The summed E-state index contributed by atoms with van der Waals surface area (Å²) < 4.78 is 11.1. The third kappa shape index (κ3) is 3.13. The molecule has 2 aromatic rings. The molecular formula is C16H18N2O3. The van der Waals surface area contributed by atoms with Crippen LogP contribution in [0.4, 0.5) is 5.69 Å². The lowest BCUT2D eigenvalue weighted by molar-refractivity contribution is 0.0894. The van der Waals surface area contributed by atoms with E-state index in [1.165, 1.54) is 0 Å². The van der Waals surface area contributed by atoms with E-state index in [0.29, 0.717) is 12.3 Å². The number of hydrogen-bond acceptors (Lipinski definition) is 4. The number of aryl methyl sites for hydroxylation is 1. The van der Waals surface area contributed by atoms with Crippen LogP contribution in [0.5, 0.6) is 0 Å². The molecule has 1 fully saturated rings. The molecule has 0 saturated carbocycles. The van der Waals surface area contributed by atoms with Gasteiger partial charge in [-0.2, -0.15) is 0 Å². The molecule has 0 spiro atoms.